The van der Waals surface area contributed by atoms with Crippen LogP contribution < -0.4 is 4.90 Å². The van der Waals surface area contributed by atoms with Gasteiger partial charge in [0.05, 0.1) is 0 Å². The van der Waals surface area contributed by atoms with Crippen molar-refractivity contribution in [2.75, 3.05) is 18.0 Å². The molecule has 1 nitrogen and oxygen atoms in total. The van der Waals surface area contributed by atoms with E-state index in [9.17, 15) is 0 Å². The number of hydrogen-bond donors (Lipinski definition) is 0. The zero-order chi connectivity index (χ0) is 8.97. The zero-order valence-electron chi connectivity index (χ0n) is 7.47. The average Bonchev–Trinajstić information content (AvgIpc) is 2.10. The lowest BCUT2D eigenvalue weighted by Crippen LogP contribution is -2.21. The van der Waals surface area contributed by atoms with E-state index in [1.54, 1.807) is 0 Å². The highest BCUT2D eigenvalue weighted by atomic mass is 35.5. The van der Waals surface area contributed by atoms with Gasteiger partial charge in [-0.25, -0.2) is 0 Å². The molecule has 1 rings (SSSR count). The number of hydrogen-bond acceptors (Lipinski definition) is 1. The van der Waals surface area contributed by atoms with Crippen molar-refractivity contribution < 1.29 is 0 Å². The molecule has 1 aromatic carbocycles. The van der Waals surface area contributed by atoms with Gasteiger partial charge in [-0.1, -0.05) is 11.6 Å². The smallest absolute Gasteiger partial charge is 0.0486 e. The molecule has 0 bridgehead atoms. The largest absolute Gasteiger partial charge is 0.372 e. The van der Waals surface area contributed by atoms with Crippen molar-refractivity contribution >= 4 is 17.3 Å². The molecule has 0 aliphatic rings. The summed E-state index contributed by atoms with van der Waals surface area (Å²) in [6.45, 7) is 6.31. The summed E-state index contributed by atoms with van der Waals surface area (Å²) in [5.41, 5.74) is 1.18. The third-order valence-corrected chi connectivity index (χ3v) is 2.12. The van der Waals surface area contributed by atoms with Crippen LogP contribution in [-0.2, 0) is 0 Å². The first-order valence-corrected chi connectivity index (χ1v) is 4.58. The van der Waals surface area contributed by atoms with Crippen molar-refractivity contribution in [1.82, 2.24) is 0 Å². The van der Waals surface area contributed by atoms with E-state index in [-0.39, 0.29) is 0 Å². The van der Waals surface area contributed by atoms with E-state index in [0.717, 1.165) is 13.1 Å². The molecule has 0 atom stereocenters. The highest BCUT2D eigenvalue weighted by Crippen LogP contribution is 2.16. The Kier molecular flexibility index (Phi) is 3.42. The molecule has 0 N–H and O–H groups in total. The van der Waals surface area contributed by atoms with Crippen molar-refractivity contribution in [3.05, 3.63) is 29.3 Å². The molecule has 0 saturated carbocycles. The average molecular weight is 183 g/mol. The minimum absolute atomic E-state index is 0.672. The molecule has 12 heavy (non-hydrogen) atoms. The van der Waals surface area contributed by atoms with Crippen LogP contribution in [0.4, 0.5) is 5.69 Å². The first-order valence-electron chi connectivity index (χ1n) is 4.20. The van der Waals surface area contributed by atoms with Crippen LogP contribution in [-0.4, -0.2) is 13.1 Å². The Morgan fingerprint density at radius 2 is 2.00 bits per heavy atom. The zero-order valence-corrected chi connectivity index (χ0v) is 8.23. The molecule has 2 heteroatoms. The van der Waals surface area contributed by atoms with E-state index in [1.165, 1.54) is 5.69 Å². The molecule has 0 saturated heterocycles. The quantitative estimate of drug-likeness (QED) is 0.695. The minimum Gasteiger partial charge on any atom is -0.372 e. The van der Waals surface area contributed by atoms with Crippen LogP contribution in [0, 0.1) is 6.07 Å². The molecular weight excluding hydrogens is 170 g/mol. The molecule has 0 amide bonds. The predicted octanol–water partition coefficient (Wildman–Crippen LogP) is 2.99. The van der Waals surface area contributed by atoms with Gasteiger partial charge in [-0.15, -0.1) is 0 Å². The van der Waals surface area contributed by atoms with Gasteiger partial charge in [-0.2, -0.15) is 0 Å². The Labute approximate surface area is 79.0 Å². The van der Waals surface area contributed by atoms with Crippen molar-refractivity contribution in [2.45, 2.75) is 13.8 Å². The first kappa shape index (κ1) is 9.40. The van der Waals surface area contributed by atoms with E-state index in [1.807, 2.05) is 18.2 Å². The molecular formula is C10H13ClN. The molecule has 65 valence electrons. The lowest BCUT2D eigenvalue weighted by molar-refractivity contribution is 0.866. The molecule has 1 radical (unpaired) electrons. The summed E-state index contributed by atoms with van der Waals surface area (Å²) in [4.78, 5) is 2.26. The van der Waals surface area contributed by atoms with Crippen LogP contribution >= 0.6 is 11.6 Å². The van der Waals surface area contributed by atoms with E-state index in [4.69, 9.17) is 11.6 Å². The standard InChI is InChI=1S/C10H13ClN/c1-3-12(4-2)10-7-5-9(11)6-8-10/h5,7-8H,3-4H2,1-2H3. The Hall–Kier alpha value is -0.690. The Bertz CT molecular complexity index is 226. The molecule has 0 aromatic heterocycles. The number of benzene rings is 1. The van der Waals surface area contributed by atoms with E-state index in [0.29, 0.717) is 5.02 Å². The van der Waals surface area contributed by atoms with Crippen molar-refractivity contribution in [3.8, 4) is 0 Å². The summed E-state index contributed by atoms with van der Waals surface area (Å²) >= 11 is 5.73. The number of nitrogens with zero attached hydrogens (tertiary/aromatic N) is 1. The lowest BCUT2D eigenvalue weighted by atomic mass is 10.3. The topological polar surface area (TPSA) is 3.24 Å². The summed E-state index contributed by atoms with van der Waals surface area (Å²) in [6.07, 6.45) is 0. The van der Waals surface area contributed by atoms with Crippen LogP contribution in [0.2, 0.25) is 5.02 Å². The number of anilines is 1. The summed E-state index contributed by atoms with van der Waals surface area (Å²) in [6, 6.07) is 8.79. The van der Waals surface area contributed by atoms with Crippen LogP contribution in [0.15, 0.2) is 18.2 Å². The molecule has 1 aromatic rings. The van der Waals surface area contributed by atoms with Crippen LogP contribution in [0.3, 0.4) is 0 Å². The summed E-state index contributed by atoms with van der Waals surface area (Å²) in [5, 5.41) is 0.672. The van der Waals surface area contributed by atoms with Gasteiger partial charge in [0.15, 0.2) is 0 Å². The van der Waals surface area contributed by atoms with E-state index >= 15 is 0 Å². The number of rotatable bonds is 3. The summed E-state index contributed by atoms with van der Waals surface area (Å²) in [7, 11) is 0. The van der Waals surface area contributed by atoms with E-state index < -0.39 is 0 Å². The fourth-order valence-electron chi connectivity index (χ4n) is 1.18. The second-order valence-corrected chi connectivity index (χ2v) is 2.97. The van der Waals surface area contributed by atoms with Gasteiger partial charge < -0.3 is 4.90 Å². The number of halogens is 1. The Balaban J connectivity index is 2.80. The highest BCUT2D eigenvalue weighted by molar-refractivity contribution is 6.30. The maximum Gasteiger partial charge on any atom is 0.0486 e. The SMILES string of the molecule is CCN(CC)c1c[c]c(Cl)cc1. The fraction of sp³-hybridized carbons (Fsp3) is 0.400. The normalized spacial score (nSPS) is 9.92. The molecule has 0 aliphatic heterocycles. The highest BCUT2D eigenvalue weighted by Gasteiger charge is 1.99. The summed E-state index contributed by atoms with van der Waals surface area (Å²) < 4.78 is 0. The van der Waals surface area contributed by atoms with Crippen molar-refractivity contribution in [1.29, 1.82) is 0 Å². The second kappa shape index (κ2) is 4.36. The lowest BCUT2D eigenvalue weighted by Gasteiger charge is -2.20. The monoisotopic (exact) mass is 182 g/mol. The van der Waals surface area contributed by atoms with Crippen molar-refractivity contribution in [3.63, 3.8) is 0 Å². The molecule has 0 unspecified atom stereocenters. The molecule has 0 fully saturated rings. The van der Waals surface area contributed by atoms with Gasteiger partial charge in [0.1, 0.15) is 0 Å². The van der Waals surface area contributed by atoms with Gasteiger partial charge in [-0.05, 0) is 32.0 Å². The van der Waals surface area contributed by atoms with Crippen LogP contribution in [0.25, 0.3) is 0 Å². The van der Waals surface area contributed by atoms with Crippen LogP contribution in [0.1, 0.15) is 13.8 Å². The van der Waals surface area contributed by atoms with Gasteiger partial charge in [0, 0.05) is 29.9 Å². The third-order valence-electron chi connectivity index (χ3n) is 1.89. The molecule has 0 heterocycles. The molecule has 0 spiro atoms. The fourth-order valence-corrected chi connectivity index (χ4v) is 1.30. The van der Waals surface area contributed by atoms with Gasteiger partial charge in [-0.3, -0.25) is 0 Å². The van der Waals surface area contributed by atoms with Crippen LogP contribution in [0.5, 0.6) is 0 Å². The van der Waals surface area contributed by atoms with E-state index in [2.05, 4.69) is 24.8 Å². The Morgan fingerprint density at radius 1 is 1.33 bits per heavy atom. The molecule has 0 aliphatic carbocycles. The maximum atomic E-state index is 5.73. The van der Waals surface area contributed by atoms with Gasteiger partial charge in [0.25, 0.3) is 0 Å². The predicted molar refractivity (Wildman–Crippen MR) is 53.8 cm³/mol. The third kappa shape index (κ3) is 2.15. The van der Waals surface area contributed by atoms with Gasteiger partial charge in [0.2, 0.25) is 0 Å². The summed E-state index contributed by atoms with van der Waals surface area (Å²) in [5.74, 6) is 0. The van der Waals surface area contributed by atoms with Gasteiger partial charge >= 0.3 is 0 Å². The minimum atomic E-state index is 0.672. The second-order valence-electron chi connectivity index (χ2n) is 2.57. The Morgan fingerprint density at radius 3 is 2.42 bits per heavy atom. The maximum absolute atomic E-state index is 5.73. The van der Waals surface area contributed by atoms with Crippen molar-refractivity contribution in [2.24, 2.45) is 0 Å². The first-order chi connectivity index (χ1) is 5.77.